The maximum absolute atomic E-state index is 11.8. The average Bonchev–Trinajstić information content (AvgIpc) is 2.28. The van der Waals surface area contributed by atoms with Crippen LogP contribution in [-0.4, -0.2) is 24.6 Å². The molecule has 1 atom stereocenters. The molecule has 1 rings (SSSR count). The highest BCUT2D eigenvalue weighted by Gasteiger charge is 2.27. The topological polar surface area (TPSA) is 106 Å². The first-order valence-corrected chi connectivity index (χ1v) is 6.57. The minimum Gasteiger partial charge on any atom is -0.279 e. The van der Waals surface area contributed by atoms with Crippen molar-refractivity contribution in [3.8, 4) is 0 Å². The van der Waals surface area contributed by atoms with Crippen molar-refractivity contribution in [2.45, 2.75) is 17.9 Å². The maximum atomic E-state index is 11.8. The van der Waals surface area contributed by atoms with Gasteiger partial charge in [-0.1, -0.05) is 12.1 Å². The highest BCUT2D eigenvalue weighted by atomic mass is 35.5. The smallest absolute Gasteiger partial charge is 0.279 e. The van der Waals surface area contributed by atoms with Crippen molar-refractivity contribution in [3.05, 3.63) is 34.4 Å². The molecule has 0 radical (unpaired) electrons. The zero-order valence-corrected chi connectivity index (χ0v) is 10.7. The molecule has 0 unspecified atom stereocenters. The van der Waals surface area contributed by atoms with Crippen molar-refractivity contribution in [2.75, 3.05) is 0 Å². The van der Waals surface area contributed by atoms with E-state index in [2.05, 4.69) is 0 Å². The normalized spacial score (nSPS) is 13.0. The van der Waals surface area contributed by atoms with Crippen molar-refractivity contribution in [3.63, 3.8) is 0 Å². The number of nitro benzene ring substituents is 1. The van der Waals surface area contributed by atoms with Crippen LogP contribution in [0.4, 0.5) is 5.69 Å². The molecule has 1 N–H and O–H groups in total. The van der Waals surface area contributed by atoms with Crippen LogP contribution in [0.15, 0.2) is 29.2 Å². The van der Waals surface area contributed by atoms with Crippen LogP contribution in [0.1, 0.15) is 6.92 Å². The summed E-state index contributed by atoms with van der Waals surface area (Å²) >= 11 is 5.12. The van der Waals surface area contributed by atoms with Gasteiger partial charge in [0.2, 0.25) is 15.3 Å². The predicted molar refractivity (Wildman–Crippen MR) is 63.7 cm³/mol. The molecule has 0 aliphatic rings. The molecule has 0 aliphatic heterocycles. The zero-order chi connectivity index (χ0) is 13.9. The summed E-state index contributed by atoms with van der Waals surface area (Å²) in [5.41, 5.74) is -0.570. The minimum absolute atomic E-state index is 0.514. The standard InChI is InChI=1S/C9H9ClN2O5S/c1-6(9(10)13)11-18(16,17)8-5-3-2-4-7(8)12(14)15/h2-6,11H,1H3/t6-/m0/s1. The number of carbonyl (C=O) groups excluding carboxylic acids is 1. The van der Waals surface area contributed by atoms with Crippen LogP contribution in [0.2, 0.25) is 0 Å². The summed E-state index contributed by atoms with van der Waals surface area (Å²) in [7, 11) is -4.18. The summed E-state index contributed by atoms with van der Waals surface area (Å²) in [4.78, 5) is 20.2. The Morgan fingerprint density at radius 2 is 2.00 bits per heavy atom. The molecule has 0 amide bonds. The lowest BCUT2D eigenvalue weighted by Gasteiger charge is -2.10. The monoisotopic (exact) mass is 292 g/mol. The molecule has 98 valence electrons. The summed E-state index contributed by atoms with van der Waals surface area (Å²) in [6.07, 6.45) is 0. The Hall–Kier alpha value is -1.51. The van der Waals surface area contributed by atoms with Gasteiger partial charge in [-0.2, -0.15) is 4.72 Å². The van der Waals surface area contributed by atoms with Crippen LogP contribution in [0.25, 0.3) is 0 Å². The van der Waals surface area contributed by atoms with Crippen LogP contribution in [-0.2, 0) is 14.8 Å². The van der Waals surface area contributed by atoms with E-state index in [1.54, 1.807) is 0 Å². The Morgan fingerprint density at radius 3 is 2.50 bits per heavy atom. The third kappa shape index (κ3) is 3.25. The van der Waals surface area contributed by atoms with E-state index in [4.69, 9.17) is 11.6 Å². The number of nitrogens with zero attached hydrogens (tertiary/aromatic N) is 1. The van der Waals surface area contributed by atoms with Gasteiger partial charge in [0.25, 0.3) is 5.69 Å². The average molecular weight is 293 g/mol. The van der Waals surface area contributed by atoms with Crippen molar-refractivity contribution in [1.82, 2.24) is 4.72 Å². The second kappa shape index (κ2) is 5.42. The zero-order valence-electron chi connectivity index (χ0n) is 9.16. The summed E-state index contributed by atoms with van der Waals surface area (Å²) < 4.78 is 25.6. The Bertz CT molecular complexity index is 586. The van der Waals surface area contributed by atoms with Gasteiger partial charge >= 0.3 is 0 Å². The molecule has 0 fully saturated rings. The highest BCUT2D eigenvalue weighted by Crippen LogP contribution is 2.22. The van der Waals surface area contributed by atoms with Crippen LogP contribution < -0.4 is 4.72 Å². The molecule has 9 heteroatoms. The van der Waals surface area contributed by atoms with Crippen LogP contribution in [0, 0.1) is 10.1 Å². The Balaban J connectivity index is 3.21. The van der Waals surface area contributed by atoms with Gasteiger partial charge in [-0.25, -0.2) is 8.42 Å². The number of hydrogen-bond donors (Lipinski definition) is 1. The molecule has 0 bridgehead atoms. The molecule has 0 saturated carbocycles. The lowest BCUT2D eigenvalue weighted by Crippen LogP contribution is -2.36. The van der Waals surface area contributed by atoms with Crippen molar-refractivity contribution in [2.24, 2.45) is 0 Å². The first-order chi connectivity index (χ1) is 8.25. The Morgan fingerprint density at radius 1 is 1.44 bits per heavy atom. The van der Waals surface area contributed by atoms with Crippen LogP contribution >= 0.6 is 11.6 Å². The van der Waals surface area contributed by atoms with E-state index in [0.29, 0.717) is 0 Å². The van der Waals surface area contributed by atoms with E-state index in [-0.39, 0.29) is 0 Å². The number of sulfonamides is 1. The molecule has 0 saturated heterocycles. The first-order valence-electron chi connectivity index (χ1n) is 4.71. The van der Waals surface area contributed by atoms with E-state index < -0.39 is 36.8 Å². The quantitative estimate of drug-likeness (QED) is 0.495. The number of rotatable bonds is 5. The largest absolute Gasteiger partial charge is 0.289 e. The second-order valence-electron chi connectivity index (χ2n) is 3.37. The number of hydrogen-bond acceptors (Lipinski definition) is 5. The van der Waals surface area contributed by atoms with Gasteiger partial charge in [-0.15, -0.1) is 0 Å². The van der Waals surface area contributed by atoms with Gasteiger partial charge in [-0.3, -0.25) is 14.9 Å². The summed E-state index contributed by atoms with van der Waals surface area (Å²) in [5, 5.41) is 9.80. The molecule has 7 nitrogen and oxygen atoms in total. The maximum Gasteiger partial charge on any atom is 0.289 e. The molecule has 1 aromatic rings. The fourth-order valence-corrected chi connectivity index (χ4v) is 2.67. The summed E-state index contributed by atoms with van der Waals surface area (Å²) in [6, 6.07) is 3.65. The third-order valence-corrected chi connectivity index (χ3v) is 3.94. The van der Waals surface area contributed by atoms with Crippen molar-refractivity contribution in [1.29, 1.82) is 0 Å². The third-order valence-electron chi connectivity index (χ3n) is 2.02. The van der Waals surface area contributed by atoms with Gasteiger partial charge in [0, 0.05) is 6.07 Å². The molecule has 0 heterocycles. The first kappa shape index (κ1) is 14.6. The molecular formula is C9H9ClN2O5S. The lowest BCUT2D eigenvalue weighted by molar-refractivity contribution is -0.387. The minimum atomic E-state index is -4.18. The second-order valence-corrected chi connectivity index (χ2v) is 5.43. The van der Waals surface area contributed by atoms with Crippen molar-refractivity contribution >= 4 is 32.6 Å². The van der Waals surface area contributed by atoms with Gasteiger partial charge in [0.1, 0.15) is 0 Å². The number of nitrogens with one attached hydrogen (secondary N) is 1. The lowest BCUT2D eigenvalue weighted by atomic mass is 10.3. The molecule has 0 aromatic heterocycles. The van der Waals surface area contributed by atoms with Gasteiger partial charge in [0.05, 0.1) is 11.0 Å². The fourth-order valence-electron chi connectivity index (χ4n) is 1.18. The van der Waals surface area contributed by atoms with E-state index in [1.165, 1.54) is 19.1 Å². The Kier molecular flexibility index (Phi) is 4.38. The van der Waals surface area contributed by atoms with Gasteiger partial charge < -0.3 is 0 Å². The molecular weight excluding hydrogens is 284 g/mol. The SMILES string of the molecule is C[C@H](NS(=O)(=O)c1ccccc1[N+](=O)[O-])C(=O)Cl. The van der Waals surface area contributed by atoms with Crippen LogP contribution in [0.3, 0.4) is 0 Å². The molecule has 0 aliphatic carbocycles. The molecule has 0 spiro atoms. The summed E-state index contributed by atoms with van der Waals surface area (Å²) in [5.74, 6) is 0. The number of para-hydroxylation sites is 1. The predicted octanol–water partition coefficient (Wildman–Crippen LogP) is 1.03. The molecule has 18 heavy (non-hydrogen) atoms. The fraction of sp³-hybridized carbons (Fsp3) is 0.222. The highest BCUT2D eigenvalue weighted by molar-refractivity contribution is 7.89. The van der Waals surface area contributed by atoms with Gasteiger partial charge in [0.15, 0.2) is 4.90 Å². The number of nitro groups is 1. The molecule has 1 aromatic carbocycles. The number of benzene rings is 1. The van der Waals surface area contributed by atoms with E-state index >= 15 is 0 Å². The van der Waals surface area contributed by atoms with E-state index in [9.17, 15) is 23.3 Å². The number of carbonyl (C=O) groups is 1. The Labute approximate surface area is 108 Å². The number of halogens is 1. The van der Waals surface area contributed by atoms with Gasteiger partial charge in [-0.05, 0) is 24.6 Å². The van der Waals surface area contributed by atoms with E-state index in [0.717, 1.165) is 12.1 Å². The summed E-state index contributed by atoms with van der Waals surface area (Å²) in [6.45, 7) is 1.24. The van der Waals surface area contributed by atoms with E-state index in [1.807, 2.05) is 4.72 Å². The van der Waals surface area contributed by atoms with Crippen molar-refractivity contribution < 1.29 is 18.1 Å². The van der Waals surface area contributed by atoms with Crippen LogP contribution in [0.5, 0.6) is 0 Å².